The summed E-state index contributed by atoms with van der Waals surface area (Å²) >= 11 is 0. The highest BCUT2D eigenvalue weighted by Gasteiger charge is 2.64. The molecule has 0 aromatic heterocycles. The van der Waals surface area contributed by atoms with E-state index in [9.17, 15) is 10.2 Å². The molecule has 5 atom stereocenters. The van der Waals surface area contributed by atoms with Crippen molar-refractivity contribution < 1.29 is 25.9 Å². The molecule has 6 N–H and O–H groups in total. The highest BCUT2D eigenvalue weighted by atomic mass is 127. The number of nitrogens with zero attached hydrogens (tertiary/aromatic N) is 1. The van der Waals surface area contributed by atoms with Gasteiger partial charge in [-0.2, -0.15) is 0 Å². The van der Waals surface area contributed by atoms with Gasteiger partial charge in [0.1, 0.15) is 12.2 Å². The molecule has 2 aliphatic heterocycles. The summed E-state index contributed by atoms with van der Waals surface area (Å²) in [6, 6.07) is 4.23. The van der Waals surface area contributed by atoms with Crippen LogP contribution in [0.3, 0.4) is 0 Å². The average molecular weight is 449 g/mol. The second kappa shape index (κ2) is 6.14. The van der Waals surface area contributed by atoms with Gasteiger partial charge in [0.25, 0.3) is 0 Å². The van der Waals surface area contributed by atoms with Gasteiger partial charge in [0.2, 0.25) is 0 Å². The smallest absolute Gasteiger partial charge is 0.165 e. The Hall–Kier alpha value is -0.870. The number of aromatic hydroxyl groups is 1. The fourth-order valence-corrected chi connectivity index (χ4v) is 5.24. The van der Waals surface area contributed by atoms with Gasteiger partial charge in [0.05, 0.1) is 0 Å². The summed E-state index contributed by atoms with van der Waals surface area (Å²) in [4.78, 5) is 2.43. The zero-order valence-corrected chi connectivity index (χ0v) is 15.7. The molecule has 4 aliphatic rings. The molecule has 0 unspecified atom stereocenters. The van der Waals surface area contributed by atoms with E-state index in [0.29, 0.717) is 17.7 Å². The number of phenols is 1. The monoisotopic (exact) mass is 449 g/mol. The number of likely N-dealkylation sites (tertiary alicyclic amines) is 1. The van der Waals surface area contributed by atoms with Crippen molar-refractivity contribution in [3.8, 4) is 11.5 Å². The fourth-order valence-electron chi connectivity index (χ4n) is 5.24. The lowest BCUT2D eigenvalue weighted by molar-refractivity contribution is -0.0453. The molecule has 2 bridgehead atoms. The maximum atomic E-state index is 10.4. The summed E-state index contributed by atoms with van der Waals surface area (Å²) in [5.41, 5.74) is 2.29. The van der Waals surface area contributed by atoms with Crippen molar-refractivity contribution >= 4 is 24.0 Å². The summed E-state index contributed by atoms with van der Waals surface area (Å²) in [7, 11) is 2.19. The van der Waals surface area contributed by atoms with Gasteiger partial charge in [-0.05, 0) is 38.1 Å². The van der Waals surface area contributed by atoms with Crippen molar-refractivity contribution in [2.45, 2.75) is 36.5 Å². The molecule has 1 saturated heterocycles. The number of rotatable bonds is 0. The van der Waals surface area contributed by atoms with E-state index in [1.807, 2.05) is 12.1 Å². The fraction of sp³-hybridized carbons (Fsp3) is 0.529. The SMILES string of the molecule is CN1CC[C@]23c4c5ccc(O)c4O[C@H]2[C@@H](O)C=C[C@H]3[C@H]1C5.I.O.O. The van der Waals surface area contributed by atoms with Crippen LogP contribution in [0.2, 0.25) is 0 Å². The standard InChI is InChI=1S/C17H19NO3.HI.2H2O/c1-18-7-6-17-10-3-5-13(20)16(17)21-15-12(19)4-2-9(14(15)17)8-11(10)18;;;/h2-5,10-11,13,16,19-20H,6-8H2,1H3;1H;2*1H2/t10-,11+,13-,16-,17-;;;/m0.../s1. The van der Waals surface area contributed by atoms with E-state index >= 15 is 0 Å². The molecular formula is C17H24INO5. The van der Waals surface area contributed by atoms with E-state index in [0.717, 1.165) is 19.4 Å². The van der Waals surface area contributed by atoms with E-state index in [1.165, 1.54) is 11.1 Å². The molecule has 24 heavy (non-hydrogen) atoms. The molecule has 2 heterocycles. The van der Waals surface area contributed by atoms with Gasteiger partial charge in [-0.15, -0.1) is 24.0 Å². The van der Waals surface area contributed by atoms with Crippen molar-refractivity contribution in [3.63, 3.8) is 0 Å². The maximum Gasteiger partial charge on any atom is 0.165 e. The summed E-state index contributed by atoms with van der Waals surface area (Å²) < 4.78 is 6.09. The number of halogens is 1. The number of hydrogen-bond donors (Lipinski definition) is 2. The number of likely N-dealkylation sites (N-methyl/N-ethyl adjacent to an activating group) is 1. The Balaban J connectivity index is 0.000000694. The first kappa shape index (κ1) is 19.5. The zero-order valence-electron chi connectivity index (χ0n) is 13.4. The Bertz CT molecular complexity index is 681. The second-order valence-corrected chi connectivity index (χ2v) is 6.93. The highest BCUT2D eigenvalue weighted by molar-refractivity contribution is 14.0. The van der Waals surface area contributed by atoms with Crippen LogP contribution in [0, 0.1) is 5.92 Å². The van der Waals surface area contributed by atoms with Gasteiger partial charge in [0.15, 0.2) is 11.5 Å². The van der Waals surface area contributed by atoms with E-state index in [1.54, 1.807) is 6.07 Å². The van der Waals surface area contributed by atoms with Gasteiger partial charge in [-0.25, -0.2) is 0 Å². The van der Waals surface area contributed by atoms with Crippen LogP contribution in [0.25, 0.3) is 0 Å². The minimum atomic E-state index is -0.594. The summed E-state index contributed by atoms with van der Waals surface area (Å²) in [5.74, 6) is 1.19. The van der Waals surface area contributed by atoms with Gasteiger partial charge in [-0.3, -0.25) is 0 Å². The van der Waals surface area contributed by atoms with Crippen LogP contribution in [0.15, 0.2) is 24.3 Å². The molecule has 1 spiro atoms. The Morgan fingerprint density at radius 3 is 2.75 bits per heavy atom. The summed E-state index contributed by atoms with van der Waals surface area (Å²) in [6.07, 6.45) is 5.18. The molecule has 5 rings (SSSR count). The third-order valence-electron chi connectivity index (χ3n) is 6.15. The van der Waals surface area contributed by atoms with Crippen LogP contribution in [-0.4, -0.2) is 57.9 Å². The highest BCUT2D eigenvalue weighted by Crippen LogP contribution is 2.62. The number of ether oxygens (including phenoxy) is 1. The number of piperidine rings is 1. The van der Waals surface area contributed by atoms with Crippen LogP contribution in [0.4, 0.5) is 0 Å². The molecule has 0 amide bonds. The van der Waals surface area contributed by atoms with Crippen LogP contribution >= 0.6 is 24.0 Å². The van der Waals surface area contributed by atoms with Crippen LogP contribution < -0.4 is 4.74 Å². The van der Waals surface area contributed by atoms with E-state index in [2.05, 4.69) is 18.0 Å². The van der Waals surface area contributed by atoms with E-state index in [-0.39, 0.29) is 52.2 Å². The van der Waals surface area contributed by atoms with Gasteiger partial charge < -0.3 is 30.8 Å². The Morgan fingerprint density at radius 1 is 1.25 bits per heavy atom. The Morgan fingerprint density at radius 2 is 2.00 bits per heavy atom. The van der Waals surface area contributed by atoms with E-state index in [4.69, 9.17) is 4.74 Å². The number of phenolic OH excluding ortho intramolecular Hbond substituents is 1. The lowest BCUT2D eigenvalue weighted by Crippen LogP contribution is -2.64. The molecule has 2 aliphatic carbocycles. The van der Waals surface area contributed by atoms with Gasteiger partial charge in [0, 0.05) is 22.9 Å². The third-order valence-corrected chi connectivity index (χ3v) is 6.15. The van der Waals surface area contributed by atoms with Gasteiger partial charge >= 0.3 is 0 Å². The van der Waals surface area contributed by atoms with Crippen molar-refractivity contribution in [1.29, 1.82) is 0 Å². The average Bonchev–Trinajstić information content (AvgIpc) is 2.83. The molecule has 1 aromatic carbocycles. The summed E-state index contributed by atoms with van der Waals surface area (Å²) in [6.45, 7) is 1.01. The first-order valence-electron chi connectivity index (χ1n) is 7.71. The van der Waals surface area contributed by atoms with Crippen molar-refractivity contribution in [2.75, 3.05) is 13.6 Å². The number of aliphatic hydroxyl groups is 1. The Kier molecular flexibility index (Phi) is 4.97. The molecule has 134 valence electrons. The predicted octanol–water partition coefficient (Wildman–Crippen LogP) is 0.167. The molecule has 0 saturated carbocycles. The largest absolute Gasteiger partial charge is 0.504 e. The molecular weight excluding hydrogens is 425 g/mol. The molecule has 6 nitrogen and oxygen atoms in total. The molecule has 1 aromatic rings. The third kappa shape index (κ3) is 2.02. The lowest BCUT2D eigenvalue weighted by atomic mass is 9.53. The topological polar surface area (TPSA) is 116 Å². The lowest BCUT2D eigenvalue weighted by Gasteiger charge is -2.56. The molecule has 1 fully saturated rings. The minimum absolute atomic E-state index is 0. The molecule has 0 radical (unpaired) electrons. The van der Waals surface area contributed by atoms with Crippen molar-refractivity contribution in [3.05, 3.63) is 35.4 Å². The quantitative estimate of drug-likeness (QED) is 0.434. The zero-order chi connectivity index (χ0) is 14.4. The minimum Gasteiger partial charge on any atom is -0.504 e. The van der Waals surface area contributed by atoms with Gasteiger partial charge in [-0.1, -0.05) is 18.2 Å². The first-order chi connectivity index (χ1) is 10.1. The first-order valence-corrected chi connectivity index (χ1v) is 7.71. The normalized spacial score (nSPS) is 37.2. The summed E-state index contributed by atoms with van der Waals surface area (Å²) in [5, 5.41) is 20.6. The number of benzene rings is 1. The maximum absolute atomic E-state index is 10.4. The number of hydrogen-bond acceptors (Lipinski definition) is 4. The molecule has 7 heteroatoms. The van der Waals surface area contributed by atoms with Crippen LogP contribution in [0.5, 0.6) is 11.5 Å². The van der Waals surface area contributed by atoms with E-state index < -0.39 is 6.10 Å². The van der Waals surface area contributed by atoms with Crippen LogP contribution in [0.1, 0.15) is 17.5 Å². The van der Waals surface area contributed by atoms with Crippen molar-refractivity contribution in [2.24, 2.45) is 5.92 Å². The Labute approximate surface area is 157 Å². The van der Waals surface area contributed by atoms with Crippen LogP contribution in [-0.2, 0) is 11.8 Å². The number of aliphatic hydroxyl groups excluding tert-OH is 1. The second-order valence-electron chi connectivity index (χ2n) is 6.93. The predicted molar refractivity (Wildman–Crippen MR) is 100 cm³/mol. The van der Waals surface area contributed by atoms with Crippen molar-refractivity contribution in [1.82, 2.24) is 4.90 Å².